The normalized spacial score (nSPS) is 12.7. The molecule has 0 aliphatic heterocycles. The first-order valence-electron chi connectivity index (χ1n) is 4.86. The SMILES string of the molecule is CC(C)(C)OC(=O)C(F)(F)CCCCBr. The fourth-order valence-electron chi connectivity index (χ4n) is 0.896. The van der Waals surface area contributed by atoms with Crippen molar-refractivity contribution < 1.29 is 18.3 Å². The second-order valence-electron chi connectivity index (χ2n) is 4.35. The van der Waals surface area contributed by atoms with Crippen LogP contribution >= 0.6 is 15.9 Å². The van der Waals surface area contributed by atoms with E-state index in [4.69, 9.17) is 0 Å². The van der Waals surface area contributed by atoms with Gasteiger partial charge in [-0.3, -0.25) is 0 Å². The molecule has 0 radical (unpaired) electrons. The zero-order valence-corrected chi connectivity index (χ0v) is 10.9. The Morgan fingerprint density at radius 3 is 2.20 bits per heavy atom. The van der Waals surface area contributed by atoms with E-state index in [0.29, 0.717) is 18.2 Å². The Hall–Kier alpha value is -0.190. The molecule has 0 fully saturated rings. The fraction of sp³-hybridized carbons (Fsp3) is 0.900. The highest BCUT2D eigenvalue weighted by molar-refractivity contribution is 9.09. The first kappa shape index (κ1) is 14.8. The predicted molar refractivity (Wildman–Crippen MR) is 58.4 cm³/mol. The van der Waals surface area contributed by atoms with Crippen molar-refractivity contribution >= 4 is 21.9 Å². The fourth-order valence-corrected chi connectivity index (χ4v) is 1.29. The summed E-state index contributed by atoms with van der Waals surface area (Å²) >= 11 is 3.14. The van der Waals surface area contributed by atoms with Gasteiger partial charge in [0, 0.05) is 11.8 Å². The molecule has 0 heterocycles. The molecule has 0 amide bonds. The average Bonchev–Trinajstić information content (AvgIpc) is 2.01. The van der Waals surface area contributed by atoms with Crippen molar-refractivity contribution in [2.45, 2.75) is 51.6 Å². The highest BCUT2D eigenvalue weighted by atomic mass is 79.9. The minimum absolute atomic E-state index is 0.303. The number of rotatable bonds is 5. The number of ether oxygens (including phenoxy) is 1. The molecule has 0 bridgehead atoms. The van der Waals surface area contributed by atoms with Crippen LogP contribution in [-0.2, 0) is 9.53 Å². The molecule has 0 spiro atoms. The minimum Gasteiger partial charge on any atom is -0.456 e. The van der Waals surface area contributed by atoms with Crippen molar-refractivity contribution in [3.05, 3.63) is 0 Å². The van der Waals surface area contributed by atoms with Crippen molar-refractivity contribution in [2.24, 2.45) is 0 Å². The third kappa shape index (κ3) is 6.82. The summed E-state index contributed by atoms with van der Waals surface area (Å²) in [6, 6.07) is 0. The molecule has 0 N–H and O–H groups in total. The van der Waals surface area contributed by atoms with Gasteiger partial charge < -0.3 is 4.74 Å². The lowest BCUT2D eigenvalue weighted by molar-refractivity contribution is -0.184. The van der Waals surface area contributed by atoms with Crippen molar-refractivity contribution in [3.63, 3.8) is 0 Å². The lowest BCUT2D eigenvalue weighted by atomic mass is 10.1. The molecule has 0 unspecified atom stereocenters. The highest BCUT2D eigenvalue weighted by Gasteiger charge is 2.41. The lowest BCUT2D eigenvalue weighted by Gasteiger charge is -2.23. The molecule has 0 atom stereocenters. The quantitative estimate of drug-likeness (QED) is 0.439. The molecule has 0 aromatic heterocycles. The number of esters is 1. The predicted octanol–water partition coefficient (Wildman–Crippen LogP) is 3.53. The lowest BCUT2D eigenvalue weighted by Crippen LogP contribution is -2.36. The summed E-state index contributed by atoms with van der Waals surface area (Å²) in [5.41, 5.74) is -0.865. The van der Waals surface area contributed by atoms with E-state index in [9.17, 15) is 13.6 Å². The van der Waals surface area contributed by atoms with Crippen LogP contribution in [0.1, 0.15) is 40.0 Å². The van der Waals surface area contributed by atoms with Crippen molar-refractivity contribution in [1.82, 2.24) is 0 Å². The molecule has 0 saturated heterocycles. The number of hydrogen-bond acceptors (Lipinski definition) is 2. The minimum atomic E-state index is -3.37. The first-order chi connectivity index (χ1) is 6.69. The van der Waals surface area contributed by atoms with Crippen LogP contribution in [0.4, 0.5) is 8.78 Å². The molecule has 0 aliphatic carbocycles. The average molecular weight is 287 g/mol. The Balaban J connectivity index is 4.14. The van der Waals surface area contributed by atoms with Gasteiger partial charge in [-0.2, -0.15) is 8.78 Å². The Bertz CT molecular complexity index is 212. The molecule has 0 aromatic carbocycles. The van der Waals surface area contributed by atoms with E-state index in [2.05, 4.69) is 20.7 Å². The summed E-state index contributed by atoms with van der Waals surface area (Å²) < 4.78 is 31.0. The third-order valence-corrected chi connectivity index (χ3v) is 2.13. The van der Waals surface area contributed by atoms with Crippen molar-refractivity contribution in [2.75, 3.05) is 5.33 Å². The van der Waals surface area contributed by atoms with Crippen molar-refractivity contribution in [1.29, 1.82) is 0 Å². The van der Waals surface area contributed by atoms with Gasteiger partial charge in [0.05, 0.1) is 0 Å². The van der Waals surface area contributed by atoms with Gasteiger partial charge in [0.15, 0.2) is 0 Å². The van der Waals surface area contributed by atoms with E-state index in [1.165, 1.54) is 0 Å². The number of carbonyl (C=O) groups is 1. The zero-order chi connectivity index (χ0) is 12.1. The van der Waals surface area contributed by atoms with Crippen LogP contribution in [0.15, 0.2) is 0 Å². The Morgan fingerprint density at radius 1 is 1.27 bits per heavy atom. The van der Waals surface area contributed by atoms with E-state index in [-0.39, 0.29) is 0 Å². The van der Waals surface area contributed by atoms with Crippen LogP contribution in [0, 0.1) is 0 Å². The summed E-state index contributed by atoms with van der Waals surface area (Å²) in [5.74, 6) is -4.79. The van der Waals surface area contributed by atoms with E-state index in [1.54, 1.807) is 20.8 Å². The number of unbranched alkanes of at least 4 members (excludes halogenated alkanes) is 1. The van der Waals surface area contributed by atoms with Gasteiger partial charge in [-0.15, -0.1) is 0 Å². The number of carbonyl (C=O) groups excluding carboxylic acids is 1. The molecule has 0 rings (SSSR count). The zero-order valence-electron chi connectivity index (χ0n) is 9.28. The topological polar surface area (TPSA) is 26.3 Å². The van der Waals surface area contributed by atoms with Crippen LogP contribution < -0.4 is 0 Å². The van der Waals surface area contributed by atoms with Crippen LogP contribution in [-0.4, -0.2) is 22.8 Å². The largest absolute Gasteiger partial charge is 0.456 e. The number of halogens is 3. The highest BCUT2D eigenvalue weighted by Crippen LogP contribution is 2.25. The Kier molecular flexibility index (Phi) is 5.70. The molecule has 15 heavy (non-hydrogen) atoms. The third-order valence-electron chi connectivity index (χ3n) is 1.57. The molecule has 2 nitrogen and oxygen atoms in total. The maximum atomic E-state index is 13.2. The van der Waals surface area contributed by atoms with E-state index < -0.39 is 23.9 Å². The molecule has 90 valence electrons. The van der Waals surface area contributed by atoms with Gasteiger partial charge in [0.25, 0.3) is 0 Å². The Morgan fingerprint density at radius 2 is 1.80 bits per heavy atom. The van der Waals surface area contributed by atoms with Crippen LogP contribution in [0.3, 0.4) is 0 Å². The van der Waals surface area contributed by atoms with Crippen molar-refractivity contribution in [3.8, 4) is 0 Å². The summed E-state index contributed by atoms with van der Waals surface area (Å²) in [6.45, 7) is 4.71. The van der Waals surface area contributed by atoms with Gasteiger partial charge in [0.2, 0.25) is 0 Å². The molecule has 5 heteroatoms. The van der Waals surface area contributed by atoms with E-state index in [1.807, 2.05) is 0 Å². The maximum absolute atomic E-state index is 13.2. The molecule has 0 aromatic rings. The molecule has 0 aliphatic rings. The summed E-state index contributed by atoms with van der Waals surface area (Å²) in [7, 11) is 0. The standard InChI is InChI=1S/C10H17BrF2O2/c1-9(2,3)15-8(14)10(12,13)6-4-5-7-11/h4-7H2,1-3H3. The summed E-state index contributed by atoms with van der Waals surface area (Å²) in [6.07, 6.45) is 0.476. The monoisotopic (exact) mass is 286 g/mol. The second kappa shape index (κ2) is 5.77. The summed E-state index contributed by atoms with van der Waals surface area (Å²) in [5, 5.41) is 0.664. The first-order valence-corrected chi connectivity index (χ1v) is 5.98. The Labute approximate surface area is 97.5 Å². The second-order valence-corrected chi connectivity index (χ2v) is 5.15. The van der Waals surface area contributed by atoms with E-state index >= 15 is 0 Å². The van der Waals surface area contributed by atoms with Crippen LogP contribution in [0.2, 0.25) is 0 Å². The molecular formula is C10H17BrF2O2. The van der Waals surface area contributed by atoms with Crippen LogP contribution in [0.25, 0.3) is 0 Å². The van der Waals surface area contributed by atoms with E-state index in [0.717, 1.165) is 0 Å². The van der Waals surface area contributed by atoms with Crippen LogP contribution in [0.5, 0.6) is 0 Å². The number of hydrogen-bond donors (Lipinski definition) is 0. The smallest absolute Gasteiger partial charge is 0.377 e. The van der Waals surface area contributed by atoms with Gasteiger partial charge >= 0.3 is 11.9 Å². The van der Waals surface area contributed by atoms with Gasteiger partial charge in [-0.1, -0.05) is 15.9 Å². The number of alkyl halides is 3. The maximum Gasteiger partial charge on any atom is 0.377 e. The molecule has 0 saturated carbocycles. The summed E-state index contributed by atoms with van der Waals surface area (Å²) in [4.78, 5) is 11.1. The van der Waals surface area contributed by atoms with Gasteiger partial charge in [-0.25, -0.2) is 4.79 Å². The van der Waals surface area contributed by atoms with Gasteiger partial charge in [-0.05, 0) is 33.6 Å². The van der Waals surface area contributed by atoms with Gasteiger partial charge in [0.1, 0.15) is 5.60 Å². The molecular weight excluding hydrogens is 270 g/mol.